The molecule has 2 aromatic rings. The molecule has 2 rings (SSSR count). The summed E-state index contributed by atoms with van der Waals surface area (Å²) in [5.41, 5.74) is 0. The van der Waals surface area contributed by atoms with Gasteiger partial charge in [-0.25, -0.2) is 9.97 Å². The molecule has 0 unspecified atom stereocenters. The minimum atomic E-state index is 0.625. The van der Waals surface area contributed by atoms with E-state index in [2.05, 4.69) is 41.4 Å². The number of aromatic nitrogens is 4. The normalized spacial score (nSPS) is 10.5. The van der Waals surface area contributed by atoms with Crippen molar-refractivity contribution in [1.29, 1.82) is 0 Å². The first-order valence-corrected chi connectivity index (χ1v) is 5.97. The molecule has 1 N–H and O–H groups in total. The summed E-state index contributed by atoms with van der Waals surface area (Å²) in [5.74, 6) is 2.77. The summed E-state index contributed by atoms with van der Waals surface area (Å²) in [6.45, 7) is 4.33. The molecule has 90 valence electrons. The van der Waals surface area contributed by atoms with Crippen LogP contribution in [0, 0.1) is 13.8 Å². The maximum absolute atomic E-state index is 5.01. The lowest BCUT2D eigenvalue weighted by Crippen LogP contribution is -2.07. The quantitative estimate of drug-likeness (QED) is 0.869. The number of halogens is 1. The number of aryl methyl sites for hydroxylation is 2. The van der Waals surface area contributed by atoms with E-state index < -0.39 is 0 Å². The fourth-order valence-electron chi connectivity index (χ4n) is 1.36. The lowest BCUT2D eigenvalue weighted by atomic mass is 10.4. The highest BCUT2D eigenvalue weighted by molar-refractivity contribution is 9.10. The van der Waals surface area contributed by atoms with Crippen molar-refractivity contribution in [3.8, 4) is 0 Å². The van der Waals surface area contributed by atoms with Crippen molar-refractivity contribution in [2.75, 3.05) is 11.9 Å². The average Bonchev–Trinajstić information content (AvgIpc) is 2.63. The van der Waals surface area contributed by atoms with Crippen LogP contribution in [-0.2, 0) is 6.42 Å². The van der Waals surface area contributed by atoms with Crippen molar-refractivity contribution in [2.45, 2.75) is 20.3 Å². The summed E-state index contributed by atoms with van der Waals surface area (Å²) in [5, 5.41) is 6.90. The van der Waals surface area contributed by atoms with Gasteiger partial charge in [0, 0.05) is 19.0 Å². The van der Waals surface area contributed by atoms with Crippen molar-refractivity contribution in [3.05, 3.63) is 28.2 Å². The van der Waals surface area contributed by atoms with Crippen molar-refractivity contribution in [2.24, 2.45) is 0 Å². The highest BCUT2D eigenvalue weighted by atomic mass is 79.9. The average molecular weight is 298 g/mol. The lowest BCUT2D eigenvalue weighted by molar-refractivity contribution is 0.377. The van der Waals surface area contributed by atoms with Gasteiger partial charge in [-0.1, -0.05) is 5.16 Å². The molecule has 0 amide bonds. The molecule has 7 heteroatoms. The van der Waals surface area contributed by atoms with Gasteiger partial charge in [0.15, 0.2) is 5.82 Å². The van der Waals surface area contributed by atoms with Crippen LogP contribution in [0.2, 0.25) is 0 Å². The van der Waals surface area contributed by atoms with E-state index in [0.717, 1.165) is 16.2 Å². The molecule has 0 aliphatic carbocycles. The van der Waals surface area contributed by atoms with Crippen LogP contribution < -0.4 is 5.32 Å². The number of nitrogens with one attached hydrogen (secondary N) is 1. The third-order valence-corrected chi connectivity index (χ3v) is 2.43. The molecule has 0 fully saturated rings. The van der Waals surface area contributed by atoms with E-state index in [4.69, 9.17) is 4.52 Å². The minimum absolute atomic E-state index is 0.625. The van der Waals surface area contributed by atoms with Gasteiger partial charge in [0.2, 0.25) is 5.89 Å². The van der Waals surface area contributed by atoms with E-state index in [1.165, 1.54) is 0 Å². The molecule has 0 radical (unpaired) electrons. The zero-order chi connectivity index (χ0) is 12.3. The monoisotopic (exact) mass is 297 g/mol. The largest absolute Gasteiger partial charge is 0.369 e. The molecule has 0 bridgehead atoms. The van der Waals surface area contributed by atoms with Crippen molar-refractivity contribution in [1.82, 2.24) is 20.1 Å². The standard InChI is InChI=1S/C10H12BrN5O/c1-6-13-8(11)5-9(14-6)12-4-3-10-15-7(2)16-17-10/h5H,3-4H2,1-2H3,(H,12,13,14). The van der Waals surface area contributed by atoms with Crippen LogP contribution in [0.15, 0.2) is 15.2 Å². The highest BCUT2D eigenvalue weighted by Crippen LogP contribution is 2.11. The molecule has 0 aromatic carbocycles. The van der Waals surface area contributed by atoms with Gasteiger partial charge >= 0.3 is 0 Å². The zero-order valence-corrected chi connectivity index (χ0v) is 11.2. The maximum atomic E-state index is 5.01. The van der Waals surface area contributed by atoms with Gasteiger partial charge in [-0.2, -0.15) is 4.98 Å². The van der Waals surface area contributed by atoms with Gasteiger partial charge in [0.25, 0.3) is 0 Å². The smallest absolute Gasteiger partial charge is 0.228 e. The highest BCUT2D eigenvalue weighted by Gasteiger charge is 2.03. The minimum Gasteiger partial charge on any atom is -0.369 e. The van der Waals surface area contributed by atoms with Crippen LogP contribution in [0.25, 0.3) is 0 Å². The second kappa shape index (κ2) is 5.22. The SMILES string of the molecule is Cc1nc(Br)cc(NCCc2nc(C)no2)n1. The Morgan fingerprint density at radius 1 is 1.24 bits per heavy atom. The molecule has 2 aromatic heterocycles. The fraction of sp³-hybridized carbons (Fsp3) is 0.400. The topological polar surface area (TPSA) is 76.7 Å². The lowest BCUT2D eigenvalue weighted by Gasteiger charge is -2.04. The van der Waals surface area contributed by atoms with Crippen LogP contribution >= 0.6 is 15.9 Å². The number of hydrogen-bond acceptors (Lipinski definition) is 6. The third-order valence-electron chi connectivity index (χ3n) is 2.02. The van der Waals surface area contributed by atoms with Gasteiger partial charge in [0.1, 0.15) is 16.2 Å². The Balaban J connectivity index is 1.89. The Morgan fingerprint density at radius 2 is 2.06 bits per heavy atom. The van der Waals surface area contributed by atoms with E-state index in [-0.39, 0.29) is 0 Å². The molecule has 0 atom stereocenters. The molecule has 0 saturated heterocycles. The summed E-state index contributed by atoms with van der Waals surface area (Å²) in [6, 6.07) is 1.83. The molecule has 6 nitrogen and oxygen atoms in total. The molecular weight excluding hydrogens is 286 g/mol. The Morgan fingerprint density at radius 3 is 2.71 bits per heavy atom. The number of nitrogens with zero attached hydrogens (tertiary/aromatic N) is 4. The van der Waals surface area contributed by atoms with E-state index in [0.29, 0.717) is 24.7 Å². The van der Waals surface area contributed by atoms with E-state index in [1.54, 1.807) is 6.92 Å². The van der Waals surface area contributed by atoms with Gasteiger partial charge in [-0.05, 0) is 29.8 Å². The van der Waals surface area contributed by atoms with Crippen molar-refractivity contribution >= 4 is 21.7 Å². The molecule has 0 spiro atoms. The Hall–Kier alpha value is -1.50. The molecule has 17 heavy (non-hydrogen) atoms. The van der Waals surface area contributed by atoms with E-state index in [1.807, 2.05) is 13.0 Å². The fourth-order valence-corrected chi connectivity index (χ4v) is 1.83. The summed E-state index contributed by atoms with van der Waals surface area (Å²) in [4.78, 5) is 12.5. The first kappa shape index (κ1) is 12.0. The van der Waals surface area contributed by atoms with Crippen LogP contribution in [0.5, 0.6) is 0 Å². The van der Waals surface area contributed by atoms with Gasteiger partial charge in [0.05, 0.1) is 0 Å². The van der Waals surface area contributed by atoms with Crippen LogP contribution in [0.3, 0.4) is 0 Å². The Kier molecular flexibility index (Phi) is 3.68. The second-order valence-electron chi connectivity index (χ2n) is 3.54. The van der Waals surface area contributed by atoms with Crippen LogP contribution in [0.1, 0.15) is 17.5 Å². The summed E-state index contributed by atoms with van der Waals surface area (Å²) < 4.78 is 5.77. The summed E-state index contributed by atoms with van der Waals surface area (Å²) >= 11 is 3.32. The first-order valence-electron chi connectivity index (χ1n) is 5.18. The predicted octanol–water partition coefficient (Wildman–Crippen LogP) is 1.89. The predicted molar refractivity (Wildman–Crippen MR) is 65.7 cm³/mol. The van der Waals surface area contributed by atoms with E-state index in [9.17, 15) is 0 Å². The summed E-state index contributed by atoms with van der Waals surface area (Å²) in [6.07, 6.45) is 0.668. The number of rotatable bonds is 4. The molecule has 2 heterocycles. The van der Waals surface area contributed by atoms with E-state index >= 15 is 0 Å². The van der Waals surface area contributed by atoms with Gasteiger partial charge in [-0.3, -0.25) is 0 Å². The number of hydrogen-bond donors (Lipinski definition) is 1. The Bertz CT molecular complexity index is 493. The summed E-state index contributed by atoms with van der Waals surface area (Å²) in [7, 11) is 0. The molecule has 0 saturated carbocycles. The van der Waals surface area contributed by atoms with Crippen LogP contribution in [0.4, 0.5) is 5.82 Å². The van der Waals surface area contributed by atoms with Crippen molar-refractivity contribution < 1.29 is 4.52 Å². The first-order chi connectivity index (χ1) is 8.13. The number of anilines is 1. The Labute approximate surface area is 107 Å². The molecule has 0 aliphatic heterocycles. The zero-order valence-electron chi connectivity index (χ0n) is 9.57. The van der Waals surface area contributed by atoms with Gasteiger partial charge in [-0.15, -0.1) is 0 Å². The second-order valence-corrected chi connectivity index (χ2v) is 4.35. The van der Waals surface area contributed by atoms with Crippen LogP contribution in [-0.4, -0.2) is 26.7 Å². The van der Waals surface area contributed by atoms with Gasteiger partial charge < -0.3 is 9.84 Å². The molecular formula is C10H12BrN5O. The third kappa shape index (κ3) is 3.48. The maximum Gasteiger partial charge on any atom is 0.228 e. The molecule has 0 aliphatic rings. The van der Waals surface area contributed by atoms with Crippen molar-refractivity contribution in [3.63, 3.8) is 0 Å².